The summed E-state index contributed by atoms with van der Waals surface area (Å²) in [6, 6.07) is 56.0. The first-order chi connectivity index (χ1) is 23.2. The summed E-state index contributed by atoms with van der Waals surface area (Å²) >= 11 is 0. The first-order valence-corrected chi connectivity index (χ1v) is 20.5. The van der Waals surface area contributed by atoms with E-state index < -0.39 is 0 Å². The number of rotatable bonds is 2. The Labute approximate surface area is 278 Å². The van der Waals surface area contributed by atoms with Crippen LogP contribution < -0.4 is 0 Å². The lowest BCUT2D eigenvalue weighted by atomic mass is 9.88. The third-order valence-corrected chi connectivity index (χ3v) is 16.9. The highest BCUT2D eigenvalue weighted by atomic mass is 31.2. The van der Waals surface area contributed by atoms with Gasteiger partial charge in [-0.2, -0.15) is 0 Å². The van der Waals surface area contributed by atoms with Crippen LogP contribution in [0, 0.1) is 0 Å². The van der Waals surface area contributed by atoms with Gasteiger partial charge in [0.1, 0.15) is 0 Å². The van der Waals surface area contributed by atoms with Crippen LogP contribution in [-0.4, -0.2) is 5.90 Å². The first-order valence-electron chi connectivity index (χ1n) is 16.8. The molecule has 8 aromatic rings. The molecule has 0 amide bonds. The van der Waals surface area contributed by atoms with Crippen LogP contribution in [0.4, 0.5) is 0 Å². The van der Waals surface area contributed by atoms with Crippen molar-refractivity contribution >= 4 is 58.9 Å². The Morgan fingerprint density at radius 2 is 0.787 bits per heavy atom. The number of benzene rings is 8. The van der Waals surface area contributed by atoms with Gasteiger partial charge in [0.05, 0.1) is 0 Å². The number of fused-ring (bicyclic) bond motifs is 10. The summed E-state index contributed by atoms with van der Waals surface area (Å²) in [5, 5.41) is 10.9. The fourth-order valence-corrected chi connectivity index (χ4v) is 15.4. The van der Waals surface area contributed by atoms with Crippen molar-refractivity contribution in [3.8, 4) is 22.3 Å². The maximum Gasteiger partial charge on any atom is -0.00605 e. The highest BCUT2D eigenvalue weighted by Crippen LogP contribution is 2.61. The van der Waals surface area contributed by atoms with Gasteiger partial charge in [0.2, 0.25) is 0 Å². The van der Waals surface area contributed by atoms with E-state index in [0.29, 0.717) is 0 Å². The highest BCUT2D eigenvalue weighted by Gasteiger charge is 2.27. The van der Waals surface area contributed by atoms with Crippen LogP contribution in [0.1, 0.15) is 22.3 Å². The number of hydrogen-bond donors (Lipinski definition) is 0. The predicted octanol–water partition coefficient (Wildman–Crippen LogP) is 13.3. The average Bonchev–Trinajstić information content (AvgIpc) is 3.28. The summed E-state index contributed by atoms with van der Waals surface area (Å²) < 4.78 is 0. The monoisotopic (exact) mass is 636 g/mol. The molecule has 2 heterocycles. The molecule has 0 atom stereocenters. The van der Waals surface area contributed by atoms with Gasteiger partial charge in [0, 0.05) is 0 Å². The van der Waals surface area contributed by atoms with Gasteiger partial charge in [-0.25, -0.2) is 0 Å². The Bertz CT molecular complexity index is 2350. The fraction of sp³-hybridized carbons (Fsp3) is 0.111. The van der Waals surface area contributed by atoms with Gasteiger partial charge in [0.15, 0.2) is 0 Å². The number of hydrogen-bond acceptors (Lipinski definition) is 0. The van der Waals surface area contributed by atoms with Crippen molar-refractivity contribution in [2.45, 2.75) is 24.6 Å². The topological polar surface area (TPSA) is 0 Å². The Morgan fingerprint density at radius 1 is 0.362 bits per heavy atom. The molecule has 4 bridgehead atoms. The van der Waals surface area contributed by atoms with Crippen molar-refractivity contribution in [3.63, 3.8) is 0 Å². The molecule has 0 saturated carbocycles. The maximum atomic E-state index is 2.52. The molecule has 2 aliphatic heterocycles. The third kappa shape index (κ3) is 4.73. The molecule has 0 saturated heterocycles. The van der Waals surface area contributed by atoms with Crippen molar-refractivity contribution in [3.05, 3.63) is 168 Å². The quantitative estimate of drug-likeness (QED) is 0.166. The summed E-state index contributed by atoms with van der Waals surface area (Å²) in [6.07, 6.45) is 4.76. The van der Waals surface area contributed by atoms with Crippen LogP contribution in [0.15, 0.2) is 146 Å². The zero-order chi connectivity index (χ0) is 30.9. The molecular weight excluding hydrogens is 602 g/mol. The largest absolute Gasteiger partial charge is 0.0933 e. The van der Waals surface area contributed by atoms with Crippen LogP contribution in [0.3, 0.4) is 0 Å². The predicted molar refractivity (Wildman–Crippen MR) is 207 cm³/mol. The van der Waals surface area contributed by atoms with Crippen LogP contribution in [0.2, 0.25) is 0 Å². The fourth-order valence-electron chi connectivity index (χ4n) is 8.39. The second-order valence-corrected chi connectivity index (χ2v) is 18.6. The molecule has 2 heteroatoms. The van der Waals surface area contributed by atoms with Gasteiger partial charge in [-0.15, -0.1) is 0 Å². The van der Waals surface area contributed by atoms with E-state index in [9.17, 15) is 0 Å². The van der Waals surface area contributed by atoms with Crippen LogP contribution in [0.5, 0.6) is 0 Å². The molecule has 2 aliphatic rings. The van der Waals surface area contributed by atoms with E-state index in [4.69, 9.17) is 0 Å². The van der Waals surface area contributed by atoms with E-state index >= 15 is 0 Å². The zero-order valence-electron chi connectivity index (χ0n) is 26.3. The Morgan fingerprint density at radius 3 is 1.32 bits per heavy atom. The summed E-state index contributed by atoms with van der Waals surface area (Å²) in [5.74, 6) is 1.34. The molecule has 0 spiro atoms. The van der Waals surface area contributed by atoms with E-state index in [1.807, 2.05) is 0 Å². The lowest BCUT2D eigenvalue weighted by Gasteiger charge is -2.25. The van der Waals surface area contributed by atoms with Crippen molar-refractivity contribution < 1.29 is 0 Å². The first kappa shape index (κ1) is 27.7. The van der Waals surface area contributed by atoms with E-state index in [-0.39, 0.29) is 15.8 Å². The van der Waals surface area contributed by atoms with Crippen molar-refractivity contribution in [1.29, 1.82) is 0 Å². The van der Waals surface area contributed by atoms with Gasteiger partial charge in [-0.3, -0.25) is 0 Å². The zero-order valence-corrected chi connectivity index (χ0v) is 28.1. The van der Waals surface area contributed by atoms with E-state index in [0.717, 1.165) is 0 Å². The van der Waals surface area contributed by atoms with Crippen molar-refractivity contribution in [2.24, 2.45) is 0 Å². The van der Waals surface area contributed by atoms with Crippen LogP contribution in [0.25, 0.3) is 65.3 Å². The molecule has 224 valence electrons. The molecule has 10 rings (SSSR count). The summed E-state index contributed by atoms with van der Waals surface area (Å²) in [7, 11) is -0.503. The van der Waals surface area contributed by atoms with Gasteiger partial charge in [-0.05, 0) is 118 Å². The molecule has 0 fully saturated rings. The minimum absolute atomic E-state index is 0.244. The molecule has 0 nitrogen and oxygen atoms in total. The third-order valence-electron chi connectivity index (χ3n) is 10.5. The Kier molecular flexibility index (Phi) is 6.57. The Hall–Kier alpha value is -4.34. The minimum Gasteiger partial charge on any atom is -0.0933 e. The molecule has 0 aliphatic carbocycles. The summed E-state index contributed by atoms with van der Waals surface area (Å²) in [6.45, 7) is 0. The van der Waals surface area contributed by atoms with Gasteiger partial charge in [-0.1, -0.05) is 161 Å². The molecule has 0 N–H and O–H groups in total. The molecule has 0 aromatic heterocycles. The van der Waals surface area contributed by atoms with Crippen LogP contribution in [-0.2, 0) is 24.6 Å². The smallest absolute Gasteiger partial charge is 0.00605 e. The van der Waals surface area contributed by atoms with E-state index in [2.05, 4.69) is 146 Å². The minimum atomic E-state index is -0.259. The Balaban J connectivity index is 1.11. The van der Waals surface area contributed by atoms with Crippen molar-refractivity contribution in [2.75, 3.05) is 5.90 Å². The molecule has 0 radical (unpaired) electrons. The molecule has 0 unspecified atom stereocenters. The molecular formula is C45H34P2. The SMILES string of the molecule is c1cc2c3cc(ccc3c1)CP(CP1Cc3ccc4ccccc4c3-c3c(ccc4ccccc34)C1)Cc1ccc3cccc-2c3c1. The van der Waals surface area contributed by atoms with Crippen LogP contribution >= 0.6 is 15.8 Å². The second-order valence-electron chi connectivity index (χ2n) is 13.5. The average molecular weight is 637 g/mol. The van der Waals surface area contributed by atoms with Gasteiger partial charge >= 0.3 is 0 Å². The molecule has 8 aromatic carbocycles. The lowest BCUT2D eigenvalue weighted by Crippen LogP contribution is -1.97. The van der Waals surface area contributed by atoms with E-state index in [1.165, 1.54) is 107 Å². The van der Waals surface area contributed by atoms with Crippen molar-refractivity contribution in [1.82, 2.24) is 0 Å². The van der Waals surface area contributed by atoms with E-state index in [1.54, 1.807) is 11.1 Å². The maximum absolute atomic E-state index is 2.52. The van der Waals surface area contributed by atoms with Gasteiger partial charge < -0.3 is 0 Å². The van der Waals surface area contributed by atoms with Gasteiger partial charge in [0.25, 0.3) is 0 Å². The molecule has 47 heavy (non-hydrogen) atoms. The lowest BCUT2D eigenvalue weighted by molar-refractivity contribution is 1.32. The summed E-state index contributed by atoms with van der Waals surface area (Å²) in [4.78, 5) is 0. The second kappa shape index (κ2) is 11.1. The normalized spacial score (nSPS) is 14.8. The standard InChI is InChI=1S/C45H34P2/c1-3-11-38-32(7-1)19-21-36-27-47(28-37-22-20-33-8-2-4-12-39(33)45(37)44(36)38)29-46-25-30-15-17-34-9-5-13-40(42(34)23-30)41-14-6-10-35-18-16-31(26-46)24-43(35)41/h1-24H,25-29H2. The summed E-state index contributed by atoms with van der Waals surface area (Å²) in [5.41, 5.74) is 11.8. The highest BCUT2D eigenvalue weighted by molar-refractivity contribution is 7.73.